The molecule has 456 valence electrons. The molecular weight excluding hydrogens is 1060 g/mol. The minimum atomic E-state index is -5.14. The average Bonchev–Trinajstić information content (AvgIpc) is 3.02. The molecule has 2 saturated heterocycles. The third-order valence-corrected chi connectivity index (χ3v) is 6.50. The highest BCUT2D eigenvalue weighted by atomic mass is 31.2. The van der Waals surface area contributed by atoms with Crippen molar-refractivity contribution in [1.29, 1.82) is 0 Å². The summed E-state index contributed by atoms with van der Waals surface area (Å²) in [6, 6.07) is 0. The lowest BCUT2D eigenvalue weighted by atomic mass is 10.4. The van der Waals surface area contributed by atoms with Crippen LogP contribution < -0.4 is 103 Å². The van der Waals surface area contributed by atoms with Gasteiger partial charge in [-0.05, 0) is 0 Å². The molecule has 0 amide bonds. The van der Waals surface area contributed by atoms with Crippen molar-refractivity contribution in [2.45, 2.75) is 0 Å². The van der Waals surface area contributed by atoms with Gasteiger partial charge in [-0.15, -0.1) is 0 Å². The van der Waals surface area contributed by atoms with Gasteiger partial charge in [-0.3, -0.25) is 0 Å². The van der Waals surface area contributed by atoms with Crippen LogP contribution in [0.1, 0.15) is 0 Å². The van der Waals surface area contributed by atoms with Crippen molar-refractivity contribution in [2.24, 2.45) is 0 Å². The number of phosphoric acid groups is 4. The lowest BCUT2D eigenvalue weighted by Gasteiger charge is -2.19. The summed E-state index contributed by atoms with van der Waals surface area (Å²) in [5.74, 6) is 0. The molecule has 2 heterocycles. The van der Waals surface area contributed by atoms with E-state index in [9.17, 15) is 0 Å². The first kappa shape index (κ1) is 123. The fraction of sp³-hybridized carbons (Fsp3) is 1.00. The fourth-order valence-electron chi connectivity index (χ4n) is 4.23. The van der Waals surface area contributed by atoms with E-state index in [2.05, 4.69) is 63.8 Å². The maximum absolute atomic E-state index is 8.66. The van der Waals surface area contributed by atoms with Gasteiger partial charge in [-0.1, -0.05) is 0 Å². The van der Waals surface area contributed by atoms with Gasteiger partial charge in [-0.2, -0.15) is 0 Å². The molecule has 0 aliphatic carbocycles. The zero-order chi connectivity index (χ0) is 43.5. The van der Waals surface area contributed by atoms with Crippen LogP contribution in [0.4, 0.5) is 0 Å². The molecule has 46 heteroatoms. The topological polar surface area (TPSA) is 956 Å². The van der Waals surface area contributed by atoms with Crippen LogP contribution in [0.25, 0.3) is 0 Å². The van der Waals surface area contributed by atoms with E-state index in [1.807, 2.05) is 0 Å². The van der Waals surface area contributed by atoms with Gasteiger partial charge in [0.2, 0.25) is 0 Å². The van der Waals surface area contributed by atoms with Gasteiger partial charge in [0.05, 0.1) is 83.6 Å². The van der Waals surface area contributed by atoms with Crippen LogP contribution in [0.15, 0.2) is 0 Å². The average molecular weight is 1160 g/mol. The number of hydrogen-bond acceptors (Lipinski definition) is 16. The molecule has 0 saturated carbocycles. The summed E-state index contributed by atoms with van der Waals surface area (Å²) in [6.07, 6.45) is 0. The summed E-state index contributed by atoms with van der Waals surface area (Å²) >= 11 is 0. The summed E-state index contributed by atoms with van der Waals surface area (Å²) in [5, 5.41) is 33.3. The highest BCUT2D eigenvalue weighted by Gasteiger charge is 2.00. The van der Waals surface area contributed by atoms with Crippen molar-refractivity contribution in [3.8, 4) is 0 Å². The molecule has 70 heavy (non-hydrogen) atoms. The molecule has 42 nitrogen and oxygen atoms in total. The lowest BCUT2D eigenvalue weighted by molar-refractivity contribution is -0.724. The third kappa shape index (κ3) is 237. The summed E-state index contributed by atoms with van der Waals surface area (Å²) in [6.45, 7) is 28.7. The van der Waals surface area contributed by atoms with Crippen molar-refractivity contribution in [3.63, 3.8) is 0 Å². The van der Waals surface area contributed by atoms with E-state index in [4.69, 9.17) is 77.0 Å². The highest BCUT2D eigenvalue weighted by molar-refractivity contribution is 7.42. The van der Waals surface area contributed by atoms with E-state index in [0.29, 0.717) is 0 Å². The number of quaternary nitrogens is 8. The summed E-state index contributed by atoms with van der Waals surface area (Å²) in [4.78, 5) is 97.1. The molecule has 0 spiro atoms. The molecule has 0 aromatic rings. The Morgan fingerprint density at radius 2 is 0.300 bits per heavy atom. The smallest absolute Gasteiger partial charge is 0.125 e. The van der Waals surface area contributed by atoms with E-state index in [0.717, 1.165) is 52.4 Å². The molecule has 2 fully saturated rings. The molecule has 0 unspecified atom stereocenters. The quantitative estimate of drug-likeness (QED) is 0.100. The second kappa shape index (κ2) is 88.1. The molecule has 52 N–H and O–H groups in total. The number of rotatable bonds is 0. The van der Waals surface area contributed by atoms with E-state index >= 15 is 0 Å². The molecule has 2 aliphatic rings. The predicted octanol–water partition coefficient (Wildman–Crippen LogP) is -33.5. The third-order valence-electron chi connectivity index (χ3n) is 6.50. The zero-order valence-corrected chi connectivity index (χ0v) is 42.6. The Bertz CT molecular complexity index is 723. The van der Waals surface area contributed by atoms with Crippen molar-refractivity contribution in [3.05, 3.63) is 0 Å². The van der Waals surface area contributed by atoms with Crippen LogP contribution in [-0.2, 0) is 18.3 Å². The van der Waals surface area contributed by atoms with E-state index in [-0.39, 0.29) is 76.7 Å². The second-order valence-electron chi connectivity index (χ2n) is 11.8. The molecule has 0 atom stereocenters. The van der Waals surface area contributed by atoms with Crippen molar-refractivity contribution in [2.75, 3.05) is 157 Å². The molecule has 0 bridgehead atoms. The molecule has 0 radical (unpaired) electrons. The Hall–Kier alpha value is -0.600. The SMILES string of the molecule is C1C[NH2+]CC[NH2+]CCNCC[NH2+]CC[NH2+]CCN1.C1C[NH2+]CC[NH2+]CCNCC[NH2+]CC[NH2+]CCN1.O.O.O.O.O.O.O.O.O.O.O.O.O.O.O=P([O-])([O-])O.O=P([O-])([O-])O.O=P([O-])([O-])O.O=P([O-])([O-])O. The van der Waals surface area contributed by atoms with Gasteiger partial charge in [0, 0.05) is 52.4 Å². The first-order valence-electron chi connectivity index (χ1n) is 18.4. The minimum Gasteiger partial charge on any atom is -0.790 e. The maximum Gasteiger partial charge on any atom is 0.125 e. The lowest BCUT2D eigenvalue weighted by Crippen LogP contribution is -2.97. The molecule has 2 aliphatic heterocycles. The Kier molecular flexibility index (Phi) is 155. The van der Waals surface area contributed by atoms with Crippen molar-refractivity contribution in [1.82, 2.24) is 21.3 Å². The summed E-state index contributed by atoms with van der Waals surface area (Å²) in [7, 11) is -20.6. The Labute approximate surface area is 405 Å². The normalized spacial score (nSPS) is 15.7. The van der Waals surface area contributed by atoms with Crippen molar-refractivity contribution >= 4 is 31.3 Å². The number of hydrogen-bond donors (Lipinski definition) is 16. The van der Waals surface area contributed by atoms with Gasteiger partial charge >= 0.3 is 0 Å². The van der Waals surface area contributed by atoms with Crippen LogP contribution in [-0.4, -0.2) is 253 Å². The predicted molar refractivity (Wildman–Crippen MR) is 235 cm³/mol. The first-order valence-corrected chi connectivity index (χ1v) is 24.3. The standard InChI is InChI=1S/2C12H30N6.4H3O4P.14H2O/c2*1-2-14-5-6-16-9-10-18-12-11-17-8-7-15-4-3-13-1;4*1-5(2,3)4;;;;;;;;;;;;;;/h2*13-18H,1-12H2;4*(H3,1,2,3,4);14*1H2. The fourth-order valence-corrected chi connectivity index (χ4v) is 4.23. The molecule has 0 aromatic heterocycles. The van der Waals surface area contributed by atoms with Crippen LogP contribution in [0, 0.1) is 0 Å². The van der Waals surface area contributed by atoms with Gasteiger partial charge in [0.25, 0.3) is 0 Å². The maximum atomic E-state index is 8.66. The Balaban J connectivity index is -0.0000000305. The molecule has 0 aromatic carbocycles. The van der Waals surface area contributed by atoms with Crippen LogP contribution >= 0.6 is 31.3 Å². The van der Waals surface area contributed by atoms with Crippen molar-refractivity contribution < 1.29 is 196 Å². The van der Waals surface area contributed by atoms with Gasteiger partial charge in [0.15, 0.2) is 0 Å². The van der Waals surface area contributed by atoms with Gasteiger partial charge in [-0.25, -0.2) is 0 Å². The molecule has 2 rings (SSSR count). The number of nitrogens with two attached hydrogens (primary N) is 8. The summed E-state index contributed by atoms with van der Waals surface area (Å²) < 4.78 is 34.6. The van der Waals surface area contributed by atoms with Crippen LogP contribution in [0.2, 0.25) is 0 Å². The Morgan fingerprint density at radius 1 is 0.229 bits per heavy atom. The molecular formula is C24H100N12O30P4. The largest absolute Gasteiger partial charge is 0.790 e. The van der Waals surface area contributed by atoms with E-state index < -0.39 is 31.3 Å². The van der Waals surface area contributed by atoms with Crippen LogP contribution in [0.5, 0.6) is 0 Å². The second-order valence-corrected chi connectivity index (χ2v) is 15.6. The first-order chi connectivity index (χ1) is 26.0. The zero-order valence-electron chi connectivity index (χ0n) is 39.1. The summed E-state index contributed by atoms with van der Waals surface area (Å²) in [5.41, 5.74) is 0. The van der Waals surface area contributed by atoms with E-state index in [1.165, 1.54) is 105 Å². The Morgan fingerprint density at radius 3 is 0.371 bits per heavy atom. The van der Waals surface area contributed by atoms with Crippen LogP contribution in [0.3, 0.4) is 0 Å². The number of nitrogens with one attached hydrogen (secondary N) is 4. The van der Waals surface area contributed by atoms with E-state index in [1.54, 1.807) is 0 Å². The minimum absolute atomic E-state index is 0. The highest BCUT2D eigenvalue weighted by Crippen LogP contribution is 2.12. The van der Waals surface area contributed by atoms with Gasteiger partial charge in [0.1, 0.15) is 52.4 Å². The van der Waals surface area contributed by atoms with Gasteiger partial charge < -0.3 is 217 Å². The monoisotopic (exact) mass is 1160 g/mol.